The molecule has 0 radical (unpaired) electrons. The molecule has 13 heavy (non-hydrogen) atoms. The molecule has 0 spiro atoms. The van der Waals surface area contributed by atoms with Crippen molar-refractivity contribution in [3.05, 3.63) is 29.8 Å². The minimum Gasteiger partial charge on any atom is -0.326 e. The van der Waals surface area contributed by atoms with Crippen molar-refractivity contribution in [1.82, 2.24) is 0 Å². The highest BCUT2D eigenvalue weighted by Crippen LogP contribution is 2.12. The second kappa shape index (κ2) is 3.98. The molecule has 0 aliphatic rings. The van der Waals surface area contributed by atoms with Gasteiger partial charge in [0.15, 0.2) is 11.6 Å². The molecule has 1 aromatic carbocycles. The Morgan fingerprint density at radius 2 is 2.08 bits per heavy atom. The fraction of sp³-hybridized carbons (Fsp3) is 0.222. The van der Waals surface area contributed by atoms with Crippen LogP contribution in [0.2, 0.25) is 0 Å². The van der Waals surface area contributed by atoms with Crippen LogP contribution in [0.15, 0.2) is 18.2 Å². The Balaban J connectivity index is 2.79. The highest BCUT2D eigenvalue weighted by molar-refractivity contribution is 5.90. The van der Waals surface area contributed by atoms with Crippen LogP contribution in [0.25, 0.3) is 0 Å². The van der Waals surface area contributed by atoms with Crippen LogP contribution in [0.4, 0.5) is 14.5 Å². The maximum atomic E-state index is 12.6. The van der Waals surface area contributed by atoms with E-state index < -0.39 is 11.6 Å². The molecule has 0 unspecified atom stereocenters. The lowest BCUT2D eigenvalue weighted by atomic mass is 10.3. The van der Waals surface area contributed by atoms with Gasteiger partial charge in [0.05, 0.1) is 0 Å². The molecular weight excluding hydrogens is 176 g/mol. The SMILES string of the molecule is CCC(=O)Nc1ccc(F)c(F)c1. The Bertz CT molecular complexity index is 325. The van der Waals surface area contributed by atoms with Crippen molar-refractivity contribution >= 4 is 11.6 Å². The summed E-state index contributed by atoms with van der Waals surface area (Å²) >= 11 is 0. The van der Waals surface area contributed by atoms with Crippen molar-refractivity contribution in [3.63, 3.8) is 0 Å². The first-order valence-electron chi connectivity index (χ1n) is 3.88. The lowest BCUT2D eigenvalue weighted by molar-refractivity contribution is -0.115. The second-order valence-corrected chi connectivity index (χ2v) is 2.53. The Hall–Kier alpha value is -1.45. The zero-order valence-electron chi connectivity index (χ0n) is 7.10. The van der Waals surface area contributed by atoms with E-state index in [2.05, 4.69) is 5.32 Å². The minimum atomic E-state index is -0.964. The molecule has 0 heterocycles. The molecule has 0 aliphatic heterocycles. The number of anilines is 1. The van der Waals surface area contributed by atoms with Gasteiger partial charge in [-0.25, -0.2) is 8.78 Å². The maximum Gasteiger partial charge on any atom is 0.224 e. The highest BCUT2D eigenvalue weighted by atomic mass is 19.2. The van der Waals surface area contributed by atoms with Crippen LogP contribution in [0, 0.1) is 11.6 Å². The molecule has 0 saturated carbocycles. The number of carbonyl (C=O) groups is 1. The molecule has 0 atom stereocenters. The Kier molecular flexibility index (Phi) is 2.95. The van der Waals surface area contributed by atoms with Gasteiger partial charge < -0.3 is 5.32 Å². The Labute approximate surface area is 74.6 Å². The van der Waals surface area contributed by atoms with Crippen molar-refractivity contribution in [2.75, 3.05) is 5.32 Å². The zero-order chi connectivity index (χ0) is 9.84. The average Bonchev–Trinajstić information content (AvgIpc) is 2.11. The van der Waals surface area contributed by atoms with Gasteiger partial charge in [0.1, 0.15) is 0 Å². The van der Waals surface area contributed by atoms with Crippen LogP contribution in [0.1, 0.15) is 13.3 Å². The molecule has 0 fully saturated rings. The average molecular weight is 185 g/mol. The monoisotopic (exact) mass is 185 g/mol. The highest BCUT2D eigenvalue weighted by Gasteiger charge is 2.03. The lowest BCUT2D eigenvalue weighted by Gasteiger charge is -2.02. The van der Waals surface area contributed by atoms with E-state index in [1.54, 1.807) is 6.92 Å². The fourth-order valence-corrected chi connectivity index (χ4v) is 0.823. The summed E-state index contributed by atoms with van der Waals surface area (Å²) in [4.78, 5) is 10.9. The Morgan fingerprint density at radius 3 is 2.62 bits per heavy atom. The van der Waals surface area contributed by atoms with Gasteiger partial charge in [0, 0.05) is 18.2 Å². The van der Waals surface area contributed by atoms with E-state index in [-0.39, 0.29) is 11.6 Å². The summed E-state index contributed by atoms with van der Waals surface area (Å²) in [5.74, 6) is -2.12. The van der Waals surface area contributed by atoms with Crippen LogP contribution >= 0.6 is 0 Å². The lowest BCUT2D eigenvalue weighted by Crippen LogP contribution is -2.09. The van der Waals surface area contributed by atoms with E-state index in [0.717, 1.165) is 12.1 Å². The van der Waals surface area contributed by atoms with Gasteiger partial charge >= 0.3 is 0 Å². The van der Waals surface area contributed by atoms with Crippen molar-refractivity contribution in [1.29, 1.82) is 0 Å². The van der Waals surface area contributed by atoms with E-state index in [1.807, 2.05) is 0 Å². The predicted molar refractivity (Wildman–Crippen MR) is 45.3 cm³/mol. The van der Waals surface area contributed by atoms with E-state index in [4.69, 9.17) is 0 Å². The molecule has 0 saturated heterocycles. The van der Waals surface area contributed by atoms with Crippen molar-refractivity contribution in [3.8, 4) is 0 Å². The first kappa shape index (κ1) is 9.64. The topological polar surface area (TPSA) is 29.1 Å². The molecule has 0 aliphatic carbocycles. The van der Waals surface area contributed by atoms with Crippen LogP contribution in [0.5, 0.6) is 0 Å². The second-order valence-electron chi connectivity index (χ2n) is 2.53. The smallest absolute Gasteiger partial charge is 0.224 e. The molecule has 1 aromatic rings. The van der Waals surface area contributed by atoms with Gasteiger partial charge in [-0.3, -0.25) is 4.79 Å². The number of hydrogen-bond donors (Lipinski definition) is 1. The normalized spacial score (nSPS) is 9.77. The molecule has 0 aromatic heterocycles. The van der Waals surface area contributed by atoms with Gasteiger partial charge in [-0.15, -0.1) is 0 Å². The summed E-state index contributed by atoms with van der Waals surface area (Å²) in [5, 5.41) is 2.41. The first-order valence-corrected chi connectivity index (χ1v) is 3.88. The molecule has 70 valence electrons. The number of carbonyl (C=O) groups excluding carboxylic acids is 1. The number of benzene rings is 1. The standard InChI is InChI=1S/C9H9F2NO/c1-2-9(13)12-6-3-4-7(10)8(11)5-6/h3-5H,2H2,1H3,(H,12,13). The van der Waals surface area contributed by atoms with Crippen molar-refractivity contribution < 1.29 is 13.6 Å². The Morgan fingerprint density at radius 1 is 1.38 bits per heavy atom. The first-order chi connectivity index (χ1) is 6.13. The van der Waals surface area contributed by atoms with Crippen LogP contribution in [-0.2, 0) is 4.79 Å². The van der Waals surface area contributed by atoms with Crippen molar-refractivity contribution in [2.45, 2.75) is 13.3 Å². The largest absolute Gasteiger partial charge is 0.326 e. The summed E-state index contributed by atoms with van der Waals surface area (Å²) in [5.41, 5.74) is 0.269. The summed E-state index contributed by atoms with van der Waals surface area (Å²) in [7, 11) is 0. The predicted octanol–water partition coefficient (Wildman–Crippen LogP) is 2.31. The number of rotatable bonds is 2. The quantitative estimate of drug-likeness (QED) is 0.752. The van der Waals surface area contributed by atoms with Crippen LogP contribution in [-0.4, -0.2) is 5.91 Å². The molecule has 4 heteroatoms. The van der Waals surface area contributed by atoms with Crippen molar-refractivity contribution in [2.24, 2.45) is 0 Å². The van der Waals surface area contributed by atoms with E-state index >= 15 is 0 Å². The minimum absolute atomic E-state index is 0.231. The van der Waals surface area contributed by atoms with Gasteiger partial charge in [0.2, 0.25) is 5.91 Å². The van der Waals surface area contributed by atoms with Gasteiger partial charge in [0.25, 0.3) is 0 Å². The number of hydrogen-bond acceptors (Lipinski definition) is 1. The van der Waals surface area contributed by atoms with Gasteiger partial charge in [-0.1, -0.05) is 6.92 Å². The number of halogens is 2. The van der Waals surface area contributed by atoms with E-state index in [0.29, 0.717) is 6.42 Å². The third-order valence-corrected chi connectivity index (χ3v) is 1.52. The zero-order valence-corrected chi connectivity index (χ0v) is 7.10. The maximum absolute atomic E-state index is 12.6. The summed E-state index contributed by atoms with van der Waals surface area (Å²) in [6.07, 6.45) is 0.305. The number of amides is 1. The van der Waals surface area contributed by atoms with Crippen LogP contribution < -0.4 is 5.32 Å². The van der Waals surface area contributed by atoms with E-state index in [1.165, 1.54) is 6.07 Å². The molecule has 1 amide bonds. The summed E-state index contributed by atoms with van der Waals surface area (Å²) in [6.45, 7) is 1.68. The molecule has 1 rings (SSSR count). The molecule has 0 bridgehead atoms. The van der Waals surface area contributed by atoms with Gasteiger partial charge in [-0.05, 0) is 12.1 Å². The van der Waals surface area contributed by atoms with Crippen LogP contribution in [0.3, 0.4) is 0 Å². The summed E-state index contributed by atoms with van der Waals surface area (Å²) < 4.78 is 25.0. The third kappa shape index (κ3) is 2.50. The summed E-state index contributed by atoms with van der Waals surface area (Å²) in [6, 6.07) is 3.23. The van der Waals surface area contributed by atoms with Gasteiger partial charge in [-0.2, -0.15) is 0 Å². The third-order valence-electron chi connectivity index (χ3n) is 1.52. The molecular formula is C9H9F2NO. The van der Waals surface area contributed by atoms with E-state index in [9.17, 15) is 13.6 Å². The molecule has 2 nitrogen and oxygen atoms in total. The number of nitrogens with one attached hydrogen (secondary N) is 1. The fourth-order valence-electron chi connectivity index (χ4n) is 0.823. The molecule has 1 N–H and O–H groups in total.